The number of alkyl halides is 6. The minimum atomic E-state index is -4.98. The highest BCUT2D eigenvalue weighted by Crippen LogP contribution is 2.40. The van der Waals surface area contributed by atoms with Gasteiger partial charge in [0.1, 0.15) is 17.5 Å². The second-order valence-electron chi connectivity index (χ2n) is 9.66. The van der Waals surface area contributed by atoms with E-state index in [2.05, 4.69) is 15.0 Å². The number of nitrogens with one attached hydrogen (secondary N) is 1. The van der Waals surface area contributed by atoms with Crippen molar-refractivity contribution in [3.05, 3.63) is 74.6 Å². The minimum Gasteiger partial charge on any atom is -0.369 e. The summed E-state index contributed by atoms with van der Waals surface area (Å²) in [6, 6.07) is 2.85. The van der Waals surface area contributed by atoms with Crippen LogP contribution in [0.2, 0.25) is 0 Å². The van der Waals surface area contributed by atoms with Gasteiger partial charge in [-0.2, -0.15) is 26.3 Å². The first-order chi connectivity index (χ1) is 18.6. The van der Waals surface area contributed by atoms with Gasteiger partial charge in [-0.15, -0.1) is 0 Å². The van der Waals surface area contributed by atoms with Gasteiger partial charge in [0.05, 0.1) is 16.7 Å². The Kier molecular flexibility index (Phi) is 7.65. The van der Waals surface area contributed by atoms with Gasteiger partial charge in [-0.05, 0) is 56.9 Å². The van der Waals surface area contributed by atoms with E-state index < -0.39 is 64.1 Å². The highest BCUT2D eigenvalue weighted by atomic mass is 19.4. The highest BCUT2D eigenvalue weighted by molar-refractivity contribution is 5.77. The summed E-state index contributed by atoms with van der Waals surface area (Å²) in [6.07, 6.45) is -8.88. The summed E-state index contributed by atoms with van der Waals surface area (Å²) in [7, 11) is 0. The third kappa shape index (κ3) is 5.80. The maximum atomic E-state index is 15.9. The number of carbonyl (C=O) groups is 1. The van der Waals surface area contributed by atoms with E-state index in [0.717, 1.165) is 18.2 Å². The third-order valence-electron chi connectivity index (χ3n) is 7.10. The second-order valence-corrected chi connectivity index (χ2v) is 9.66. The molecule has 14 heteroatoms. The van der Waals surface area contributed by atoms with E-state index in [1.807, 2.05) is 0 Å². The molecule has 0 aliphatic carbocycles. The largest absolute Gasteiger partial charge is 0.417 e. The number of piperidine rings is 1. The van der Waals surface area contributed by atoms with E-state index in [0.29, 0.717) is 12.3 Å². The lowest BCUT2D eigenvalue weighted by molar-refractivity contribution is -0.138. The molecular weight excluding hydrogens is 547 g/mol. The number of primary amides is 1. The lowest BCUT2D eigenvalue weighted by Crippen LogP contribution is -2.47. The number of nitrogens with two attached hydrogens (primary N) is 1. The monoisotopic (exact) mass is 571 g/mol. The van der Waals surface area contributed by atoms with Gasteiger partial charge in [-0.1, -0.05) is 6.07 Å². The molecule has 4 rings (SSSR count). The molecule has 3 heterocycles. The number of hydrogen-bond acceptors (Lipinski definition) is 5. The Balaban J connectivity index is 1.79. The van der Waals surface area contributed by atoms with Crippen LogP contribution in [0.5, 0.6) is 0 Å². The Morgan fingerprint density at radius 3 is 2.35 bits per heavy atom. The van der Waals surface area contributed by atoms with Gasteiger partial charge < -0.3 is 15.6 Å². The van der Waals surface area contributed by atoms with Crippen LogP contribution in [0.3, 0.4) is 0 Å². The zero-order valence-corrected chi connectivity index (χ0v) is 21.3. The van der Waals surface area contributed by atoms with Crippen LogP contribution in [0.4, 0.5) is 36.6 Å². The highest BCUT2D eigenvalue weighted by Gasteiger charge is 2.38. The number of anilines is 1. The van der Waals surface area contributed by atoms with Crippen molar-refractivity contribution in [3.8, 4) is 11.4 Å². The average Bonchev–Trinajstić information content (AvgIpc) is 2.87. The zero-order valence-electron chi connectivity index (χ0n) is 21.3. The molecule has 1 aromatic carbocycles. The van der Waals surface area contributed by atoms with Crippen molar-refractivity contribution >= 4 is 11.7 Å². The van der Waals surface area contributed by atoms with E-state index >= 15 is 4.39 Å². The van der Waals surface area contributed by atoms with E-state index in [1.165, 1.54) is 13.8 Å². The van der Waals surface area contributed by atoms with Crippen LogP contribution >= 0.6 is 0 Å². The molecule has 2 aromatic heterocycles. The van der Waals surface area contributed by atoms with Crippen molar-refractivity contribution in [2.24, 2.45) is 11.7 Å². The van der Waals surface area contributed by atoms with Crippen molar-refractivity contribution in [3.63, 3.8) is 0 Å². The molecule has 0 saturated carbocycles. The number of H-pyrrole nitrogens is 1. The number of aryl methyl sites for hydroxylation is 1. The van der Waals surface area contributed by atoms with Crippen LogP contribution in [0.15, 0.2) is 35.3 Å². The molecule has 2 atom stereocenters. The van der Waals surface area contributed by atoms with E-state index in [-0.39, 0.29) is 48.4 Å². The van der Waals surface area contributed by atoms with Crippen molar-refractivity contribution in [2.75, 3.05) is 11.4 Å². The molecule has 0 bridgehead atoms. The first-order valence-electron chi connectivity index (χ1n) is 12.1. The number of benzene rings is 1. The molecule has 40 heavy (non-hydrogen) atoms. The summed E-state index contributed by atoms with van der Waals surface area (Å²) in [5.74, 6) is -3.03. The molecule has 3 aromatic rings. The van der Waals surface area contributed by atoms with Crippen LogP contribution in [0.25, 0.3) is 11.4 Å². The Morgan fingerprint density at radius 2 is 1.80 bits per heavy atom. The first-order valence-corrected chi connectivity index (χ1v) is 12.1. The first kappa shape index (κ1) is 29.0. The third-order valence-corrected chi connectivity index (χ3v) is 7.10. The van der Waals surface area contributed by atoms with Crippen LogP contribution in [0.1, 0.15) is 40.8 Å². The number of hydrogen-bond donors (Lipinski definition) is 2. The lowest BCUT2D eigenvalue weighted by Gasteiger charge is -2.39. The predicted molar refractivity (Wildman–Crippen MR) is 131 cm³/mol. The summed E-state index contributed by atoms with van der Waals surface area (Å²) in [5, 5.41) is 0. The summed E-state index contributed by atoms with van der Waals surface area (Å²) >= 11 is 0. The number of rotatable bonds is 5. The van der Waals surface area contributed by atoms with Gasteiger partial charge in [0, 0.05) is 36.0 Å². The number of carbonyl (C=O) groups excluding carboxylic acids is 1. The van der Waals surface area contributed by atoms with Crippen LogP contribution in [-0.4, -0.2) is 33.4 Å². The standard InChI is InChI=1S/C26H24F7N5O2/c1-12-13(2)36-23(37-24(12)40)20-18(26(31,32)33)5-3-14(21(20)27)9-17-10-15(22(34)39)7-8-38(17)19-6-4-16(11-35-19)25(28,29)30/h3-6,11,15,17H,7-10H2,1-2H3,(H2,34,39)(H,36,37,40). The fourth-order valence-electron chi connectivity index (χ4n) is 4.79. The van der Waals surface area contributed by atoms with Crippen LogP contribution in [0, 0.1) is 25.6 Å². The Labute approximate surface area is 223 Å². The summed E-state index contributed by atoms with van der Waals surface area (Å²) in [5.41, 5.74) is 1.58. The molecule has 1 amide bonds. The molecule has 1 aliphatic rings. The number of aromatic nitrogens is 3. The SMILES string of the molecule is Cc1nc(-c2c(C(F)(F)F)ccc(CC3CC(C(N)=O)CCN3c3ccc(C(F)(F)F)cn3)c2F)[nH]c(=O)c1C. The normalized spacial score (nSPS) is 18.2. The fraction of sp³-hybridized carbons (Fsp3) is 0.385. The van der Waals surface area contributed by atoms with Crippen molar-refractivity contribution < 1.29 is 35.5 Å². The maximum absolute atomic E-state index is 15.9. The number of halogens is 7. The molecule has 7 nitrogen and oxygen atoms in total. The minimum absolute atomic E-state index is 0.0621. The van der Waals surface area contributed by atoms with Crippen molar-refractivity contribution in [1.82, 2.24) is 15.0 Å². The lowest BCUT2D eigenvalue weighted by atomic mass is 9.86. The fourth-order valence-corrected chi connectivity index (χ4v) is 4.79. The van der Waals surface area contributed by atoms with Crippen molar-refractivity contribution in [2.45, 2.75) is 51.5 Å². The molecule has 2 unspecified atom stereocenters. The van der Waals surface area contributed by atoms with Gasteiger partial charge in [-0.25, -0.2) is 14.4 Å². The number of nitrogens with zero attached hydrogens (tertiary/aromatic N) is 3. The van der Waals surface area contributed by atoms with E-state index in [9.17, 15) is 35.9 Å². The maximum Gasteiger partial charge on any atom is 0.417 e. The van der Waals surface area contributed by atoms with Crippen LogP contribution in [-0.2, 0) is 23.6 Å². The number of pyridine rings is 1. The van der Waals surface area contributed by atoms with Gasteiger partial charge in [0.2, 0.25) is 5.91 Å². The number of amides is 1. The molecule has 1 fully saturated rings. The topological polar surface area (TPSA) is 105 Å². The average molecular weight is 571 g/mol. The van der Waals surface area contributed by atoms with Gasteiger partial charge >= 0.3 is 12.4 Å². The summed E-state index contributed by atoms with van der Waals surface area (Å²) < 4.78 is 96.7. The molecule has 1 saturated heterocycles. The summed E-state index contributed by atoms with van der Waals surface area (Å²) in [4.78, 5) is 35.9. The van der Waals surface area contributed by atoms with Gasteiger partial charge in [0.15, 0.2) is 0 Å². The molecule has 214 valence electrons. The quantitative estimate of drug-likeness (QED) is 0.423. The summed E-state index contributed by atoms with van der Waals surface area (Å²) in [6.45, 7) is 2.96. The van der Waals surface area contributed by atoms with Crippen LogP contribution < -0.4 is 16.2 Å². The second kappa shape index (κ2) is 10.5. The predicted octanol–water partition coefficient (Wildman–Crippen LogP) is 4.94. The molecule has 0 spiro atoms. The molecule has 1 aliphatic heterocycles. The van der Waals surface area contributed by atoms with Crippen molar-refractivity contribution in [1.29, 1.82) is 0 Å². The van der Waals surface area contributed by atoms with Gasteiger partial charge in [0.25, 0.3) is 5.56 Å². The molecule has 0 radical (unpaired) electrons. The smallest absolute Gasteiger partial charge is 0.369 e. The number of aromatic amines is 1. The molecule has 3 N–H and O–H groups in total. The Bertz CT molecular complexity index is 1480. The van der Waals surface area contributed by atoms with E-state index in [4.69, 9.17) is 5.73 Å². The van der Waals surface area contributed by atoms with E-state index in [1.54, 1.807) is 4.90 Å². The Morgan fingerprint density at radius 1 is 1.10 bits per heavy atom. The molecular formula is C26H24F7N5O2. The Hall–Kier alpha value is -3.97. The zero-order chi connectivity index (χ0) is 29.6. The van der Waals surface area contributed by atoms with Gasteiger partial charge in [-0.3, -0.25) is 9.59 Å².